The molecule has 0 amide bonds. The van der Waals surface area contributed by atoms with Gasteiger partial charge in [0.25, 0.3) is 0 Å². The van der Waals surface area contributed by atoms with Crippen LogP contribution in [0.2, 0.25) is 0 Å². The maximum absolute atomic E-state index is 2.70. The second-order valence-corrected chi connectivity index (χ2v) is 4.44. The van der Waals surface area contributed by atoms with E-state index in [0.717, 1.165) is 6.04 Å². The van der Waals surface area contributed by atoms with Crippen molar-refractivity contribution < 1.29 is 32.7 Å². The van der Waals surface area contributed by atoms with Gasteiger partial charge in [-0.2, -0.15) is 12.8 Å². The Labute approximate surface area is 113 Å². The van der Waals surface area contributed by atoms with Crippen molar-refractivity contribution in [1.82, 2.24) is 9.80 Å². The third-order valence-corrected chi connectivity index (χ3v) is 3.45. The Morgan fingerprint density at radius 2 is 1.57 bits per heavy atom. The molecule has 2 saturated heterocycles. The minimum absolute atomic E-state index is 0. The van der Waals surface area contributed by atoms with E-state index in [1.54, 1.807) is 0 Å². The zero-order chi connectivity index (χ0) is 9.10. The molecular weight excluding hydrogens is 249 g/mol. The molecule has 79 valence electrons. The Balaban J connectivity index is 0.000000980. The third kappa shape index (κ3) is 3.55. The Morgan fingerprint density at radius 1 is 1.00 bits per heavy atom. The molecule has 0 saturated carbocycles. The van der Waals surface area contributed by atoms with Crippen molar-refractivity contribution in [2.75, 3.05) is 33.2 Å². The van der Waals surface area contributed by atoms with E-state index in [9.17, 15) is 0 Å². The van der Waals surface area contributed by atoms with Crippen LogP contribution in [0, 0.1) is 6.42 Å². The van der Waals surface area contributed by atoms with Crippen molar-refractivity contribution in [2.45, 2.75) is 31.7 Å². The number of rotatable bonds is 1. The Kier molecular flexibility index (Phi) is 6.15. The SMILES string of the molecule is CN1CCC(N2CC[CH-]CC2)CC1.[Y]. The van der Waals surface area contributed by atoms with E-state index in [0.29, 0.717) is 0 Å². The van der Waals surface area contributed by atoms with Crippen LogP contribution in [-0.2, 0) is 32.7 Å². The molecule has 3 heteroatoms. The summed E-state index contributed by atoms with van der Waals surface area (Å²) in [6.07, 6.45) is 7.83. The van der Waals surface area contributed by atoms with Gasteiger partial charge in [-0.05, 0) is 46.1 Å². The number of nitrogens with zero attached hydrogens (tertiary/aromatic N) is 2. The molecule has 2 aliphatic rings. The fourth-order valence-electron chi connectivity index (χ4n) is 2.50. The molecule has 2 rings (SSSR count). The van der Waals surface area contributed by atoms with Gasteiger partial charge in [-0.15, -0.1) is 0 Å². The standard InChI is InChI=1S/C11H21N2.Y/c1-12-9-5-11(6-10-12)13-7-3-2-4-8-13;/h2,11H,3-10H2,1H3;/q-1;. The van der Waals surface area contributed by atoms with Crippen LogP contribution in [0.15, 0.2) is 0 Å². The van der Waals surface area contributed by atoms with Gasteiger partial charge < -0.3 is 16.2 Å². The van der Waals surface area contributed by atoms with E-state index in [4.69, 9.17) is 0 Å². The van der Waals surface area contributed by atoms with E-state index in [1.165, 1.54) is 51.9 Å². The van der Waals surface area contributed by atoms with Crippen molar-refractivity contribution in [3.63, 3.8) is 0 Å². The first-order valence-corrected chi connectivity index (χ1v) is 5.60. The fourth-order valence-corrected chi connectivity index (χ4v) is 2.50. The van der Waals surface area contributed by atoms with Crippen molar-refractivity contribution in [3.05, 3.63) is 6.42 Å². The summed E-state index contributed by atoms with van der Waals surface area (Å²) in [7, 11) is 2.24. The van der Waals surface area contributed by atoms with Crippen LogP contribution in [0.1, 0.15) is 25.7 Å². The van der Waals surface area contributed by atoms with Crippen LogP contribution in [-0.4, -0.2) is 49.1 Å². The van der Waals surface area contributed by atoms with Crippen molar-refractivity contribution in [1.29, 1.82) is 0 Å². The summed E-state index contributed by atoms with van der Waals surface area (Å²) in [6.45, 7) is 5.22. The van der Waals surface area contributed by atoms with Crippen LogP contribution >= 0.6 is 0 Å². The van der Waals surface area contributed by atoms with Gasteiger partial charge in [-0.3, -0.25) is 0 Å². The third-order valence-electron chi connectivity index (χ3n) is 3.45. The summed E-state index contributed by atoms with van der Waals surface area (Å²) in [5.41, 5.74) is 0. The molecule has 2 heterocycles. The summed E-state index contributed by atoms with van der Waals surface area (Å²) in [5, 5.41) is 0. The number of likely N-dealkylation sites (tertiary alicyclic amines) is 2. The first-order chi connectivity index (χ1) is 6.36. The van der Waals surface area contributed by atoms with E-state index >= 15 is 0 Å². The summed E-state index contributed by atoms with van der Waals surface area (Å²) in [4.78, 5) is 5.15. The summed E-state index contributed by atoms with van der Waals surface area (Å²) < 4.78 is 0. The first-order valence-electron chi connectivity index (χ1n) is 5.60. The maximum atomic E-state index is 2.70. The van der Waals surface area contributed by atoms with Gasteiger partial charge in [-0.25, -0.2) is 0 Å². The van der Waals surface area contributed by atoms with Gasteiger partial charge in [0, 0.05) is 38.8 Å². The Bertz CT molecular complexity index is 149. The molecule has 0 unspecified atom stereocenters. The molecule has 1 radical (unpaired) electrons. The summed E-state index contributed by atoms with van der Waals surface area (Å²) in [5.74, 6) is 0. The summed E-state index contributed by atoms with van der Waals surface area (Å²) >= 11 is 0. The minimum atomic E-state index is 0. The molecule has 0 aromatic carbocycles. The van der Waals surface area contributed by atoms with Crippen molar-refractivity contribution >= 4 is 0 Å². The quantitative estimate of drug-likeness (QED) is 0.664. The molecule has 0 aliphatic carbocycles. The molecule has 0 spiro atoms. The van der Waals surface area contributed by atoms with Gasteiger partial charge in [0.1, 0.15) is 0 Å². The average molecular weight is 270 g/mol. The normalized spacial score (nSPS) is 27.2. The fraction of sp³-hybridized carbons (Fsp3) is 0.909. The molecule has 0 N–H and O–H groups in total. The summed E-state index contributed by atoms with van der Waals surface area (Å²) in [6, 6.07) is 0.893. The second-order valence-electron chi connectivity index (χ2n) is 4.44. The van der Waals surface area contributed by atoms with Crippen LogP contribution in [0.5, 0.6) is 0 Å². The smallest absolute Gasteiger partial charge is 0.0117 e. The molecule has 2 fully saturated rings. The predicted octanol–water partition coefficient (Wildman–Crippen LogP) is 1.38. The molecular formula is C11H21N2Y-. The number of hydrogen-bond acceptors (Lipinski definition) is 2. The zero-order valence-corrected chi connectivity index (χ0v) is 12.1. The molecule has 0 aromatic heterocycles. The molecule has 2 aliphatic heterocycles. The Morgan fingerprint density at radius 3 is 2.14 bits per heavy atom. The first kappa shape index (κ1) is 13.1. The minimum Gasteiger partial charge on any atom is -0.326 e. The predicted molar refractivity (Wildman–Crippen MR) is 55.6 cm³/mol. The van der Waals surface area contributed by atoms with Crippen LogP contribution in [0.25, 0.3) is 0 Å². The maximum Gasteiger partial charge on any atom is 0.0117 e. The van der Waals surface area contributed by atoms with E-state index in [2.05, 4.69) is 23.3 Å². The Hall–Kier alpha value is 1.02. The van der Waals surface area contributed by atoms with Crippen LogP contribution < -0.4 is 0 Å². The molecule has 0 aromatic rings. The van der Waals surface area contributed by atoms with Gasteiger partial charge in [-0.1, -0.05) is 0 Å². The topological polar surface area (TPSA) is 6.48 Å². The van der Waals surface area contributed by atoms with Gasteiger partial charge in [0.15, 0.2) is 0 Å². The van der Waals surface area contributed by atoms with E-state index < -0.39 is 0 Å². The van der Waals surface area contributed by atoms with Gasteiger partial charge >= 0.3 is 0 Å². The van der Waals surface area contributed by atoms with E-state index in [-0.39, 0.29) is 32.7 Å². The van der Waals surface area contributed by atoms with E-state index in [1.807, 2.05) is 0 Å². The van der Waals surface area contributed by atoms with Crippen LogP contribution in [0.3, 0.4) is 0 Å². The number of hydrogen-bond donors (Lipinski definition) is 0. The van der Waals surface area contributed by atoms with Crippen LogP contribution in [0.4, 0.5) is 0 Å². The van der Waals surface area contributed by atoms with Crippen molar-refractivity contribution in [2.24, 2.45) is 0 Å². The molecule has 0 atom stereocenters. The van der Waals surface area contributed by atoms with Gasteiger partial charge in [0.05, 0.1) is 0 Å². The second kappa shape index (κ2) is 6.57. The zero-order valence-electron chi connectivity index (χ0n) is 9.28. The largest absolute Gasteiger partial charge is 0.326 e. The van der Waals surface area contributed by atoms with Gasteiger partial charge in [0.2, 0.25) is 0 Å². The monoisotopic (exact) mass is 270 g/mol. The molecule has 0 bridgehead atoms. The molecule has 14 heavy (non-hydrogen) atoms. The number of piperidine rings is 2. The van der Waals surface area contributed by atoms with Crippen molar-refractivity contribution in [3.8, 4) is 0 Å². The molecule has 2 nitrogen and oxygen atoms in total. The average Bonchev–Trinajstić information content (AvgIpc) is 2.20.